The van der Waals surface area contributed by atoms with Crippen LogP contribution in [-0.2, 0) is 12.8 Å². The number of benzene rings is 1. The highest BCUT2D eigenvalue weighted by atomic mass is 15.1. The smallest absolute Gasteiger partial charge is 0.0291 e. The molecular formula is C19H32N2. The van der Waals surface area contributed by atoms with Gasteiger partial charge < -0.3 is 10.2 Å². The van der Waals surface area contributed by atoms with Crippen molar-refractivity contribution >= 4 is 0 Å². The zero-order valence-corrected chi connectivity index (χ0v) is 14.1. The fraction of sp³-hybridized carbons (Fsp3) is 0.684. The van der Waals surface area contributed by atoms with E-state index >= 15 is 0 Å². The maximum Gasteiger partial charge on any atom is 0.0291 e. The van der Waals surface area contributed by atoms with E-state index in [9.17, 15) is 0 Å². The molecule has 0 saturated carbocycles. The van der Waals surface area contributed by atoms with E-state index in [4.69, 9.17) is 0 Å². The van der Waals surface area contributed by atoms with E-state index in [1.54, 1.807) is 11.1 Å². The van der Waals surface area contributed by atoms with E-state index in [1.165, 1.54) is 44.2 Å². The summed E-state index contributed by atoms with van der Waals surface area (Å²) in [6.45, 7) is 11.4. The zero-order valence-electron chi connectivity index (χ0n) is 14.1. The Labute approximate surface area is 130 Å². The number of rotatable bonds is 8. The molecule has 0 bridgehead atoms. The van der Waals surface area contributed by atoms with Crippen LogP contribution >= 0.6 is 0 Å². The van der Waals surface area contributed by atoms with E-state index in [2.05, 4.69) is 49.2 Å². The largest absolute Gasteiger partial charge is 0.310 e. The fourth-order valence-corrected chi connectivity index (χ4v) is 3.30. The quantitative estimate of drug-likeness (QED) is 0.729. The molecule has 1 unspecified atom stereocenters. The second-order valence-electron chi connectivity index (χ2n) is 6.29. The standard InChI is InChI=1S/C19H32N2/c1-4-21(5-2)14-8-13-20-16(3)18-12-11-17-9-6-7-10-19(17)15-18/h11-12,15-16,20H,4-10,13-14H2,1-3H3. The van der Waals surface area contributed by atoms with E-state index in [1.807, 2.05) is 0 Å². The van der Waals surface area contributed by atoms with Crippen molar-refractivity contribution in [1.29, 1.82) is 0 Å². The summed E-state index contributed by atoms with van der Waals surface area (Å²) >= 11 is 0. The molecule has 1 atom stereocenters. The van der Waals surface area contributed by atoms with Gasteiger partial charge in [0.1, 0.15) is 0 Å². The molecule has 1 aromatic carbocycles. The molecule has 0 fully saturated rings. The van der Waals surface area contributed by atoms with E-state index in [-0.39, 0.29) is 0 Å². The van der Waals surface area contributed by atoms with Crippen LogP contribution in [-0.4, -0.2) is 31.1 Å². The van der Waals surface area contributed by atoms with Crippen molar-refractivity contribution in [2.45, 2.75) is 58.9 Å². The highest BCUT2D eigenvalue weighted by Crippen LogP contribution is 2.24. The first kappa shape index (κ1) is 16.5. The molecule has 0 spiro atoms. The van der Waals surface area contributed by atoms with Crippen LogP contribution < -0.4 is 5.32 Å². The van der Waals surface area contributed by atoms with Crippen LogP contribution in [0.5, 0.6) is 0 Å². The molecule has 2 nitrogen and oxygen atoms in total. The van der Waals surface area contributed by atoms with Gasteiger partial charge in [0.25, 0.3) is 0 Å². The normalized spacial score (nSPS) is 16.0. The second-order valence-corrected chi connectivity index (χ2v) is 6.29. The molecule has 21 heavy (non-hydrogen) atoms. The number of aryl methyl sites for hydroxylation is 2. The van der Waals surface area contributed by atoms with Crippen molar-refractivity contribution in [2.24, 2.45) is 0 Å². The molecule has 2 rings (SSSR count). The van der Waals surface area contributed by atoms with Crippen molar-refractivity contribution in [3.05, 3.63) is 34.9 Å². The zero-order chi connectivity index (χ0) is 15.1. The van der Waals surface area contributed by atoms with Gasteiger partial charge in [-0.05, 0) is 81.9 Å². The summed E-state index contributed by atoms with van der Waals surface area (Å²) in [6, 6.07) is 7.59. The summed E-state index contributed by atoms with van der Waals surface area (Å²) in [7, 11) is 0. The predicted octanol–water partition coefficient (Wildman–Crippen LogP) is 3.95. The van der Waals surface area contributed by atoms with Crippen LogP contribution in [0.1, 0.15) is 62.8 Å². The highest BCUT2D eigenvalue weighted by molar-refractivity contribution is 5.35. The Balaban J connectivity index is 1.79. The minimum Gasteiger partial charge on any atom is -0.310 e. The lowest BCUT2D eigenvalue weighted by atomic mass is 9.89. The van der Waals surface area contributed by atoms with Crippen LogP contribution in [0.3, 0.4) is 0 Å². The number of hydrogen-bond donors (Lipinski definition) is 1. The van der Waals surface area contributed by atoms with Gasteiger partial charge in [0.2, 0.25) is 0 Å². The molecule has 1 aromatic rings. The number of nitrogens with zero attached hydrogens (tertiary/aromatic N) is 1. The Kier molecular flexibility index (Phi) is 6.72. The van der Waals surface area contributed by atoms with Gasteiger partial charge in [-0.2, -0.15) is 0 Å². The van der Waals surface area contributed by atoms with Crippen LogP contribution in [0.2, 0.25) is 0 Å². The van der Waals surface area contributed by atoms with Gasteiger partial charge in [0, 0.05) is 6.04 Å². The highest BCUT2D eigenvalue weighted by Gasteiger charge is 2.12. The Morgan fingerprint density at radius 1 is 1.10 bits per heavy atom. The molecule has 1 aliphatic rings. The average molecular weight is 288 g/mol. The van der Waals surface area contributed by atoms with Crippen molar-refractivity contribution < 1.29 is 0 Å². The summed E-state index contributed by atoms with van der Waals surface area (Å²) in [5.41, 5.74) is 4.63. The van der Waals surface area contributed by atoms with Gasteiger partial charge in [-0.3, -0.25) is 0 Å². The molecule has 0 radical (unpaired) electrons. The first-order valence-electron chi connectivity index (χ1n) is 8.82. The van der Waals surface area contributed by atoms with E-state index < -0.39 is 0 Å². The molecular weight excluding hydrogens is 256 g/mol. The van der Waals surface area contributed by atoms with Gasteiger partial charge in [0.15, 0.2) is 0 Å². The summed E-state index contributed by atoms with van der Waals surface area (Å²) in [5, 5.41) is 3.68. The molecule has 0 saturated heterocycles. The molecule has 2 heteroatoms. The minimum atomic E-state index is 0.467. The monoisotopic (exact) mass is 288 g/mol. The van der Waals surface area contributed by atoms with Crippen LogP contribution in [0.15, 0.2) is 18.2 Å². The topological polar surface area (TPSA) is 15.3 Å². The van der Waals surface area contributed by atoms with Crippen LogP contribution in [0.25, 0.3) is 0 Å². The lowest BCUT2D eigenvalue weighted by molar-refractivity contribution is 0.296. The first-order chi connectivity index (χ1) is 10.2. The maximum atomic E-state index is 3.68. The SMILES string of the molecule is CCN(CC)CCCNC(C)c1ccc2c(c1)CCCC2. The van der Waals surface area contributed by atoms with Gasteiger partial charge >= 0.3 is 0 Å². The van der Waals surface area contributed by atoms with E-state index in [0.717, 1.165) is 19.6 Å². The average Bonchev–Trinajstić information content (AvgIpc) is 2.54. The van der Waals surface area contributed by atoms with Crippen molar-refractivity contribution in [1.82, 2.24) is 10.2 Å². The Hall–Kier alpha value is -0.860. The van der Waals surface area contributed by atoms with E-state index in [0.29, 0.717) is 6.04 Å². The molecule has 0 aliphatic heterocycles. The number of hydrogen-bond acceptors (Lipinski definition) is 2. The third-order valence-electron chi connectivity index (χ3n) is 4.87. The fourth-order valence-electron chi connectivity index (χ4n) is 3.30. The van der Waals surface area contributed by atoms with Crippen LogP contribution in [0.4, 0.5) is 0 Å². The molecule has 1 aliphatic carbocycles. The summed E-state index contributed by atoms with van der Waals surface area (Å²) in [4.78, 5) is 2.49. The van der Waals surface area contributed by atoms with Gasteiger partial charge in [-0.1, -0.05) is 32.0 Å². The maximum absolute atomic E-state index is 3.68. The Morgan fingerprint density at radius 3 is 2.52 bits per heavy atom. The summed E-state index contributed by atoms with van der Waals surface area (Å²) in [6.07, 6.45) is 6.52. The van der Waals surface area contributed by atoms with Crippen molar-refractivity contribution in [2.75, 3.05) is 26.2 Å². The molecule has 0 heterocycles. The first-order valence-corrected chi connectivity index (χ1v) is 8.82. The molecule has 118 valence electrons. The second kappa shape index (κ2) is 8.55. The summed E-state index contributed by atoms with van der Waals surface area (Å²) in [5.74, 6) is 0. The van der Waals surface area contributed by atoms with Gasteiger partial charge in [-0.15, -0.1) is 0 Å². The van der Waals surface area contributed by atoms with Gasteiger partial charge in [0.05, 0.1) is 0 Å². The lowest BCUT2D eigenvalue weighted by Gasteiger charge is -2.21. The lowest BCUT2D eigenvalue weighted by Crippen LogP contribution is -2.28. The third kappa shape index (κ3) is 4.82. The van der Waals surface area contributed by atoms with Crippen LogP contribution in [0, 0.1) is 0 Å². The van der Waals surface area contributed by atoms with Gasteiger partial charge in [-0.25, -0.2) is 0 Å². The predicted molar refractivity (Wildman–Crippen MR) is 91.9 cm³/mol. The minimum absolute atomic E-state index is 0.467. The number of fused-ring (bicyclic) bond motifs is 1. The molecule has 1 N–H and O–H groups in total. The Morgan fingerprint density at radius 2 is 1.81 bits per heavy atom. The summed E-state index contributed by atoms with van der Waals surface area (Å²) < 4.78 is 0. The van der Waals surface area contributed by atoms with Crippen molar-refractivity contribution in [3.8, 4) is 0 Å². The Bertz CT molecular complexity index is 424. The molecule has 0 aromatic heterocycles. The number of nitrogens with one attached hydrogen (secondary N) is 1. The molecule has 0 amide bonds. The van der Waals surface area contributed by atoms with Crippen molar-refractivity contribution in [3.63, 3.8) is 0 Å². The third-order valence-corrected chi connectivity index (χ3v) is 4.87.